The van der Waals surface area contributed by atoms with Crippen LogP contribution in [0.2, 0.25) is 0 Å². The molecular formula is C19F42N+. The van der Waals surface area contributed by atoms with Crippen LogP contribution in [0, 0.1) is 0 Å². The van der Waals surface area contributed by atoms with Crippen molar-refractivity contribution in [3.63, 3.8) is 0 Å². The molecule has 62 heavy (non-hydrogen) atoms. The molecule has 43 heteroatoms. The van der Waals surface area contributed by atoms with Gasteiger partial charge in [0.2, 0.25) is 0 Å². The summed E-state index contributed by atoms with van der Waals surface area (Å²) in [5.41, 5.74) is 0. The second-order valence-corrected chi connectivity index (χ2v) is 11.2. The number of rotatable bonds is 15. The molecule has 0 aliphatic rings. The Morgan fingerprint density at radius 3 is 0.371 bits per heavy atom. The van der Waals surface area contributed by atoms with E-state index in [9.17, 15) is 184 Å². The summed E-state index contributed by atoms with van der Waals surface area (Å²) in [5, 5.41) is 0. The molecule has 0 aromatic heterocycles. The van der Waals surface area contributed by atoms with Gasteiger partial charge in [0.1, 0.15) is 0 Å². The highest BCUT2D eigenvalue weighted by Crippen LogP contribution is 2.71. The molecule has 0 fully saturated rings. The van der Waals surface area contributed by atoms with Crippen molar-refractivity contribution >= 4 is 0 Å². The Bertz CT molecular complexity index is 1580. The van der Waals surface area contributed by atoms with Crippen molar-refractivity contribution in [2.24, 2.45) is 0 Å². The van der Waals surface area contributed by atoms with E-state index in [4.69, 9.17) is 0 Å². The molecule has 0 saturated carbocycles. The third kappa shape index (κ3) is 6.34. The van der Waals surface area contributed by atoms with Crippen molar-refractivity contribution in [1.82, 2.24) is 0 Å². The fourth-order valence-corrected chi connectivity index (χ4v) is 3.85. The topological polar surface area (TPSA) is 0 Å². The molecule has 0 saturated heterocycles. The van der Waals surface area contributed by atoms with Gasteiger partial charge < -0.3 is 0 Å². The zero-order valence-corrected chi connectivity index (χ0v) is 25.8. The largest absolute Gasteiger partial charge is 0.581 e. The first-order valence-electron chi connectivity index (χ1n) is 12.6. The molecule has 1 nitrogen and oxygen atoms in total. The molecule has 0 amide bonds. The molecule has 0 spiro atoms. The average Bonchev–Trinajstić information content (AvgIpc) is 2.96. The van der Waals surface area contributed by atoms with E-state index in [2.05, 4.69) is 0 Å². The van der Waals surface area contributed by atoms with E-state index >= 15 is 0 Å². The first-order chi connectivity index (χ1) is 25.8. The first kappa shape index (κ1) is 59.0. The Balaban J connectivity index is 8.20. The van der Waals surface area contributed by atoms with Crippen molar-refractivity contribution in [2.45, 2.75) is 114 Å². The fraction of sp³-hybridized carbons (Fsp3) is 1.00. The average molecular weight is 1040 g/mol. The van der Waals surface area contributed by atoms with E-state index in [1.54, 1.807) is 0 Å². The minimum Gasteiger partial charge on any atom is -0.192 e. The van der Waals surface area contributed by atoms with Gasteiger partial charge >= 0.3 is 114 Å². The monoisotopic (exact) mass is 1040 g/mol. The zero-order valence-electron chi connectivity index (χ0n) is 25.8. The fourth-order valence-electron chi connectivity index (χ4n) is 3.85. The van der Waals surface area contributed by atoms with E-state index in [1.165, 1.54) is 0 Å². The summed E-state index contributed by atoms with van der Waals surface area (Å²) in [6, 6.07) is -10.6. The van der Waals surface area contributed by atoms with Gasteiger partial charge in [-0.3, -0.25) is 0 Å². The first-order valence-corrected chi connectivity index (χ1v) is 12.6. The van der Waals surface area contributed by atoms with Gasteiger partial charge in [0.25, 0.3) is 0 Å². The summed E-state index contributed by atoms with van der Waals surface area (Å²) >= 11 is 0. The zero-order chi connectivity index (χ0) is 52.0. The lowest BCUT2D eigenvalue weighted by atomic mass is 9.83. The molecule has 0 atom stereocenters. The molecule has 0 N–H and O–H groups in total. The molecule has 0 aromatic carbocycles. The van der Waals surface area contributed by atoms with Crippen molar-refractivity contribution < 1.29 is 189 Å². The van der Waals surface area contributed by atoms with Crippen LogP contribution in [0.3, 0.4) is 0 Å². The number of quaternary nitrogens is 1. The van der Waals surface area contributed by atoms with E-state index in [0.717, 1.165) is 0 Å². The molecule has 0 unspecified atom stereocenters. The number of hydrogen-bond donors (Lipinski definition) is 0. The van der Waals surface area contributed by atoms with Crippen molar-refractivity contribution in [3.8, 4) is 0 Å². The third-order valence-electron chi connectivity index (χ3n) is 7.42. The van der Waals surface area contributed by atoms with Crippen LogP contribution < -0.4 is 0 Å². The summed E-state index contributed by atoms with van der Waals surface area (Å²) in [6.07, 6.45) is -37.2. The molecule has 0 radical (unpaired) electrons. The maximum Gasteiger partial charge on any atom is 0.581 e. The smallest absolute Gasteiger partial charge is 0.192 e. The van der Waals surface area contributed by atoms with Crippen LogP contribution in [0.5, 0.6) is 0 Å². The summed E-state index contributed by atoms with van der Waals surface area (Å²) in [4.78, 5) is 0. The number of hydrogen-bond acceptors (Lipinski definition) is 0. The van der Waals surface area contributed by atoms with Crippen LogP contribution in [-0.4, -0.2) is 119 Å². The quantitative estimate of drug-likeness (QED) is 0.0871. The molecule has 0 bridgehead atoms. The van der Waals surface area contributed by atoms with Crippen LogP contribution in [0.1, 0.15) is 0 Å². The lowest BCUT2D eigenvalue weighted by molar-refractivity contribution is -1.22. The second kappa shape index (κ2) is 13.8. The van der Waals surface area contributed by atoms with Gasteiger partial charge in [0.15, 0.2) is 0 Å². The summed E-state index contributed by atoms with van der Waals surface area (Å²) in [5.74, 6) is -145. The Hall–Kier alpha value is -2.98. The predicted octanol–water partition coefficient (Wildman–Crippen LogP) is 13.4. The molecule has 0 rings (SSSR count). The van der Waals surface area contributed by atoms with Gasteiger partial charge in [-0.25, -0.2) is 0 Å². The van der Waals surface area contributed by atoms with Crippen LogP contribution in [-0.2, 0) is 0 Å². The predicted molar refractivity (Wildman–Crippen MR) is 98.7 cm³/mol. The Morgan fingerprint density at radius 2 is 0.258 bits per heavy atom. The minimum atomic E-state index is -10.7. The second-order valence-electron chi connectivity index (χ2n) is 11.2. The van der Waals surface area contributed by atoms with Gasteiger partial charge in [0.05, 0.1) is 0 Å². The van der Waals surface area contributed by atoms with Crippen LogP contribution >= 0.6 is 0 Å². The highest BCUT2D eigenvalue weighted by molar-refractivity contribution is 5.22. The van der Waals surface area contributed by atoms with Crippen LogP contribution in [0.15, 0.2) is 0 Å². The Kier molecular flexibility index (Phi) is 13.1. The van der Waals surface area contributed by atoms with Crippen molar-refractivity contribution in [2.75, 3.05) is 0 Å². The molecule has 0 aromatic rings. The number of halogens is 42. The third-order valence-corrected chi connectivity index (χ3v) is 7.42. The molecule has 0 aliphatic carbocycles. The van der Waals surface area contributed by atoms with Gasteiger partial charge in [-0.1, -0.05) is 0 Å². The molecular weight excluding hydrogens is 1040 g/mol. The van der Waals surface area contributed by atoms with E-state index in [1.807, 2.05) is 0 Å². The maximum absolute atomic E-state index is 14.0. The van der Waals surface area contributed by atoms with Crippen molar-refractivity contribution in [3.05, 3.63) is 0 Å². The minimum absolute atomic E-state index is 8.54. The number of nitrogens with zero attached hydrogens (tertiary/aromatic N) is 1. The molecule has 374 valence electrons. The van der Waals surface area contributed by atoms with E-state index in [-0.39, 0.29) is 0 Å². The summed E-state index contributed by atoms with van der Waals surface area (Å²) < 4.78 is 554. The highest BCUT2D eigenvalue weighted by Gasteiger charge is 3.06. The molecule has 0 heterocycles. The lowest BCUT2D eigenvalue weighted by Crippen LogP contribution is -2.86. The van der Waals surface area contributed by atoms with Crippen LogP contribution in [0.25, 0.3) is 0 Å². The van der Waals surface area contributed by atoms with Crippen LogP contribution in [0.4, 0.5) is 184 Å². The van der Waals surface area contributed by atoms with E-state index in [0.29, 0.717) is 0 Å². The summed E-state index contributed by atoms with van der Waals surface area (Å²) in [6.45, 7) is 0. The van der Waals surface area contributed by atoms with Gasteiger partial charge in [-0.05, 0) is 0 Å². The number of alkyl halides is 42. The lowest BCUT2D eigenvalue weighted by Gasteiger charge is -2.48. The van der Waals surface area contributed by atoms with Gasteiger partial charge in [-0.2, -0.15) is 136 Å². The maximum atomic E-state index is 14.0. The van der Waals surface area contributed by atoms with Crippen molar-refractivity contribution in [1.29, 1.82) is 0 Å². The standard InChI is InChI=1S/C19F42N/c20-1(21,3(24,25)5(28,29)7(32,33)9(36,37)11(40,41)13(44,45)15(48,49)50)2(22,23)4(26,27)6(30,31)8(34,35)10(38,39)12(42,43)14(46,47)16(51,52)62(17(53,54)55,18(56,57)58)19(59,60)61/q+1. The SMILES string of the molecule is FC(F)(F)C(F)(F)C(F)(F)C(F)(F)C(F)(F)C(F)(F)C(F)(F)C(F)(F)C(F)(F)C(F)(F)C(F)(F)C(F)(F)C(F)(F)C(F)(F)C(F)(F)C(F)(F)[N+](C(F)(F)F)(C(F)(F)F)C(F)(F)F. The summed E-state index contributed by atoms with van der Waals surface area (Å²) in [7, 11) is 0. The normalized spacial score (nSPS) is 17.5. The van der Waals surface area contributed by atoms with Gasteiger partial charge in [0, 0.05) is 4.48 Å². The highest BCUT2D eigenvalue weighted by atomic mass is 19.5. The Morgan fingerprint density at radius 1 is 0.145 bits per heavy atom. The van der Waals surface area contributed by atoms with Gasteiger partial charge in [-0.15, -0.1) is 48.3 Å². The van der Waals surface area contributed by atoms with E-state index < -0.39 is 119 Å². The molecule has 0 aliphatic heterocycles. The Labute approximate surface area is 304 Å².